The second kappa shape index (κ2) is 10.9. The lowest BCUT2D eigenvalue weighted by atomic mass is 9.70. The van der Waals surface area contributed by atoms with Gasteiger partial charge in [-0.25, -0.2) is 0 Å². The summed E-state index contributed by atoms with van der Waals surface area (Å²) in [4.78, 5) is 0. The predicted molar refractivity (Wildman–Crippen MR) is 100 cm³/mol. The van der Waals surface area contributed by atoms with Gasteiger partial charge >= 0.3 is 0 Å². The molecule has 0 aromatic heterocycles. The fourth-order valence-corrected chi connectivity index (χ4v) is 4.55. The van der Waals surface area contributed by atoms with Gasteiger partial charge in [0, 0.05) is 0 Å². The topological polar surface area (TPSA) is 9.23 Å². The van der Waals surface area contributed by atoms with Crippen molar-refractivity contribution in [3.8, 4) is 0 Å². The van der Waals surface area contributed by atoms with Crippen molar-refractivity contribution >= 4 is 0 Å². The highest BCUT2D eigenvalue weighted by Gasteiger charge is 2.30. The van der Waals surface area contributed by atoms with Crippen LogP contribution in [0.5, 0.6) is 0 Å². The van der Waals surface area contributed by atoms with E-state index in [0.29, 0.717) is 6.10 Å². The maximum Gasteiger partial charge on any atom is 0.0978 e. The Morgan fingerprint density at radius 1 is 0.913 bits per heavy atom. The lowest BCUT2D eigenvalue weighted by molar-refractivity contribution is 0.0629. The van der Waals surface area contributed by atoms with Gasteiger partial charge in [0.1, 0.15) is 0 Å². The SMILES string of the molecule is C=CCC[C@H]1CC[C@H](C2CCC(O/C=C/CCCC)CC2)CC1. The summed E-state index contributed by atoms with van der Waals surface area (Å²) < 4.78 is 5.94. The molecule has 2 aliphatic rings. The maximum atomic E-state index is 5.94. The largest absolute Gasteiger partial charge is 0.498 e. The summed E-state index contributed by atoms with van der Waals surface area (Å²) in [7, 11) is 0. The molecular formula is C22H38O. The number of rotatable bonds is 9. The van der Waals surface area contributed by atoms with Crippen LogP contribution in [-0.4, -0.2) is 6.10 Å². The van der Waals surface area contributed by atoms with Gasteiger partial charge in [0.15, 0.2) is 0 Å². The first-order valence-corrected chi connectivity index (χ1v) is 10.2. The van der Waals surface area contributed by atoms with E-state index in [9.17, 15) is 0 Å². The minimum Gasteiger partial charge on any atom is -0.498 e. The standard InChI is InChI=1S/C22H38O/c1-3-5-7-8-18-23-22-16-14-21(15-17-22)20-12-10-19(11-13-20)9-6-4-2/h4,8,18-22H,2-3,5-7,9-17H2,1H3/b18-8+/t19-,20-,21?,22?. The molecule has 0 heterocycles. The van der Waals surface area contributed by atoms with Gasteiger partial charge in [-0.05, 0) is 88.0 Å². The van der Waals surface area contributed by atoms with Gasteiger partial charge in [-0.1, -0.05) is 32.3 Å². The Labute approximate surface area is 144 Å². The molecule has 0 N–H and O–H groups in total. The van der Waals surface area contributed by atoms with Crippen LogP contribution in [0.1, 0.15) is 90.4 Å². The molecule has 0 spiro atoms. The second-order valence-corrected chi connectivity index (χ2v) is 7.83. The molecule has 0 radical (unpaired) electrons. The smallest absolute Gasteiger partial charge is 0.0978 e. The van der Waals surface area contributed by atoms with Crippen molar-refractivity contribution in [2.24, 2.45) is 17.8 Å². The molecule has 1 heteroatoms. The predicted octanol–water partition coefficient (Wildman–Crippen LogP) is 7.04. The average Bonchev–Trinajstić information content (AvgIpc) is 2.61. The Bertz CT molecular complexity index is 330. The first-order chi connectivity index (χ1) is 11.3. The third-order valence-corrected chi connectivity index (χ3v) is 6.15. The molecule has 0 amide bonds. The molecule has 2 saturated carbocycles. The lowest BCUT2D eigenvalue weighted by Gasteiger charge is -2.37. The molecule has 2 rings (SSSR count). The average molecular weight is 319 g/mol. The van der Waals surface area contributed by atoms with Crippen LogP contribution >= 0.6 is 0 Å². The van der Waals surface area contributed by atoms with Crippen LogP contribution in [0.2, 0.25) is 0 Å². The highest BCUT2D eigenvalue weighted by molar-refractivity contribution is 4.84. The molecule has 23 heavy (non-hydrogen) atoms. The molecule has 0 atom stereocenters. The van der Waals surface area contributed by atoms with Gasteiger partial charge in [0.25, 0.3) is 0 Å². The van der Waals surface area contributed by atoms with E-state index in [0.717, 1.165) is 17.8 Å². The first-order valence-electron chi connectivity index (χ1n) is 10.2. The van der Waals surface area contributed by atoms with Crippen molar-refractivity contribution in [2.45, 2.75) is 96.5 Å². The molecular weight excluding hydrogens is 280 g/mol. The van der Waals surface area contributed by atoms with Crippen LogP contribution in [0, 0.1) is 17.8 Å². The van der Waals surface area contributed by atoms with Crippen LogP contribution in [0.15, 0.2) is 25.0 Å². The number of hydrogen-bond acceptors (Lipinski definition) is 1. The van der Waals surface area contributed by atoms with Gasteiger partial charge in [0.05, 0.1) is 12.4 Å². The molecule has 0 aromatic rings. The Morgan fingerprint density at radius 2 is 1.57 bits per heavy atom. The first kappa shape index (κ1) is 18.6. The number of allylic oxidation sites excluding steroid dienone is 2. The molecule has 0 aromatic carbocycles. The van der Waals surface area contributed by atoms with Gasteiger partial charge in [0.2, 0.25) is 0 Å². The van der Waals surface area contributed by atoms with E-state index < -0.39 is 0 Å². The second-order valence-electron chi connectivity index (χ2n) is 7.83. The monoisotopic (exact) mass is 318 g/mol. The van der Waals surface area contributed by atoms with Gasteiger partial charge in [-0.2, -0.15) is 0 Å². The number of ether oxygens (including phenoxy) is 1. The van der Waals surface area contributed by atoms with Crippen LogP contribution in [-0.2, 0) is 4.74 Å². The van der Waals surface area contributed by atoms with Crippen LogP contribution in [0.4, 0.5) is 0 Å². The molecule has 0 bridgehead atoms. The Kier molecular flexibility index (Phi) is 8.86. The van der Waals surface area contributed by atoms with E-state index >= 15 is 0 Å². The van der Waals surface area contributed by atoms with E-state index in [4.69, 9.17) is 4.74 Å². The highest BCUT2D eigenvalue weighted by atomic mass is 16.5. The summed E-state index contributed by atoms with van der Waals surface area (Å²) in [6, 6.07) is 0. The van der Waals surface area contributed by atoms with E-state index in [1.54, 1.807) is 0 Å². The summed E-state index contributed by atoms with van der Waals surface area (Å²) in [5.74, 6) is 2.98. The minimum atomic E-state index is 0.494. The highest BCUT2D eigenvalue weighted by Crippen LogP contribution is 2.41. The van der Waals surface area contributed by atoms with Gasteiger partial charge in [-0.3, -0.25) is 0 Å². The van der Waals surface area contributed by atoms with Crippen LogP contribution < -0.4 is 0 Å². The quantitative estimate of drug-likeness (QED) is 0.252. The summed E-state index contributed by atoms with van der Waals surface area (Å²) in [6.07, 6.45) is 24.3. The van der Waals surface area contributed by atoms with E-state index in [-0.39, 0.29) is 0 Å². The third-order valence-electron chi connectivity index (χ3n) is 6.15. The number of hydrogen-bond donors (Lipinski definition) is 0. The summed E-state index contributed by atoms with van der Waals surface area (Å²) >= 11 is 0. The Hall–Kier alpha value is -0.720. The minimum absolute atomic E-state index is 0.494. The van der Waals surface area contributed by atoms with Crippen molar-refractivity contribution in [3.05, 3.63) is 25.0 Å². The summed E-state index contributed by atoms with van der Waals surface area (Å²) in [5, 5.41) is 0. The molecule has 0 saturated heterocycles. The summed E-state index contributed by atoms with van der Waals surface area (Å²) in [5.41, 5.74) is 0. The van der Waals surface area contributed by atoms with Crippen LogP contribution in [0.3, 0.4) is 0 Å². The molecule has 0 unspecified atom stereocenters. The maximum absolute atomic E-state index is 5.94. The summed E-state index contributed by atoms with van der Waals surface area (Å²) in [6.45, 7) is 6.10. The normalized spacial score (nSPS) is 32.0. The van der Waals surface area contributed by atoms with Crippen molar-refractivity contribution in [3.63, 3.8) is 0 Å². The zero-order valence-electron chi connectivity index (χ0n) is 15.3. The molecule has 2 aliphatic carbocycles. The molecule has 132 valence electrons. The fraction of sp³-hybridized carbons (Fsp3) is 0.818. The van der Waals surface area contributed by atoms with E-state index in [1.165, 1.54) is 83.5 Å². The van der Waals surface area contributed by atoms with E-state index in [2.05, 4.69) is 25.7 Å². The van der Waals surface area contributed by atoms with Gasteiger partial charge in [-0.15, -0.1) is 6.58 Å². The van der Waals surface area contributed by atoms with E-state index in [1.807, 2.05) is 6.26 Å². The Balaban J connectivity index is 1.59. The van der Waals surface area contributed by atoms with Crippen molar-refractivity contribution < 1.29 is 4.74 Å². The van der Waals surface area contributed by atoms with Crippen molar-refractivity contribution in [1.82, 2.24) is 0 Å². The zero-order valence-corrected chi connectivity index (χ0v) is 15.3. The Morgan fingerprint density at radius 3 is 2.17 bits per heavy atom. The molecule has 1 nitrogen and oxygen atoms in total. The van der Waals surface area contributed by atoms with Gasteiger partial charge < -0.3 is 4.74 Å². The van der Waals surface area contributed by atoms with Crippen LogP contribution in [0.25, 0.3) is 0 Å². The van der Waals surface area contributed by atoms with Crippen molar-refractivity contribution in [1.29, 1.82) is 0 Å². The molecule has 0 aliphatic heterocycles. The molecule has 2 fully saturated rings. The zero-order chi connectivity index (χ0) is 16.3. The third kappa shape index (κ3) is 6.73. The fourth-order valence-electron chi connectivity index (χ4n) is 4.55. The van der Waals surface area contributed by atoms with Crippen molar-refractivity contribution in [2.75, 3.05) is 0 Å². The number of unbranched alkanes of at least 4 members (excludes halogenated alkanes) is 2. The lowest BCUT2D eigenvalue weighted by Crippen LogP contribution is -2.28.